The minimum Gasteiger partial charge on any atom is -0.264 e. The Balaban J connectivity index is 2.28. The molecule has 0 spiro atoms. The largest absolute Gasteiger partial charge is 0.264 e. The second kappa shape index (κ2) is 6.22. The van der Waals surface area contributed by atoms with Gasteiger partial charge < -0.3 is 0 Å². The maximum Gasteiger partial charge on any atom is 0.242 e. The smallest absolute Gasteiger partial charge is 0.242 e. The molecule has 106 valence electrons. The predicted molar refractivity (Wildman–Crippen MR) is 82.1 cm³/mol. The lowest BCUT2D eigenvalue weighted by atomic mass is 10.2. The molecule has 7 heteroatoms. The summed E-state index contributed by atoms with van der Waals surface area (Å²) in [7, 11) is -3.69. The van der Waals surface area contributed by atoms with Crippen LogP contribution in [0.2, 0.25) is 5.02 Å². The van der Waals surface area contributed by atoms with Gasteiger partial charge in [-0.3, -0.25) is 4.98 Å². The average Bonchev–Trinajstić information content (AvgIpc) is 2.38. The zero-order valence-corrected chi connectivity index (χ0v) is 13.7. The highest BCUT2D eigenvalue weighted by atomic mass is 79.9. The summed E-state index contributed by atoms with van der Waals surface area (Å²) in [6, 6.07) is 7.81. The maximum absolute atomic E-state index is 12.3. The lowest BCUT2D eigenvalue weighted by Crippen LogP contribution is -2.27. The van der Waals surface area contributed by atoms with Crippen molar-refractivity contribution in [2.75, 3.05) is 0 Å². The Kier molecular flexibility index (Phi) is 4.80. The molecule has 0 aliphatic carbocycles. The van der Waals surface area contributed by atoms with Crippen molar-refractivity contribution in [2.24, 2.45) is 0 Å². The first-order valence-corrected chi connectivity index (χ1v) is 8.43. The Labute approximate surface area is 131 Å². The minimum atomic E-state index is -3.69. The Bertz CT molecular complexity index is 708. The van der Waals surface area contributed by atoms with Gasteiger partial charge in [0, 0.05) is 22.9 Å². The van der Waals surface area contributed by atoms with Crippen molar-refractivity contribution in [3.63, 3.8) is 0 Å². The van der Waals surface area contributed by atoms with E-state index in [4.69, 9.17) is 11.6 Å². The molecule has 0 fully saturated rings. The van der Waals surface area contributed by atoms with E-state index in [0.29, 0.717) is 0 Å². The van der Waals surface area contributed by atoms with Gasteiger partial charge in [-0.15, -0.1) is 0 Å². The van der Waals surface area contributed by atoms with Crippen LogP contribution >= 0.6 is 27.5 Å². The summed E-state index contributed by atoms with van der Waals surface area (Å²) in [6.07, 6.45) is 3.26. The Hall–Kier alpha value is -0.950. The Morgan fingerprint density at radius 3 is 2.70 bits per heavy atom. The molecule has 0 radical (unpaired) electrons. The van der Waals surface area contributed by atoms with Gasteiger partial charge in [0.05, 0.1) is 5.02 Å². The molecular weight excluding hydrogens is 364 g/mol. The van der Waals surface area contributed by atoms with Crippen molar-refractivity contribution in [3.05, 3.63) is 57.8 Å². The Morgan fingerprint density at radius 1 is 1.35 bits per heavy atom. The molecule has 0 aliphatic heterocycles. The summed E-state index contributed by atoms with van der Waals surface area (Å²) in [5.41, 5.74) is 0.782. The summed E-state index contributed by atoms with van der Waals surface area (Å²) in [5.74, 6) is 0. The van der Waals surface area contributed by atoms with E-state index in [1.807, 2.05) is 6.07 Å². The lowest BCUT2D eigenvalue weighted by molar-refractivity contribution is 0.566. The molecule has 0 bridgehead atoms. The van der Waals surface area contributed by atoms with E-state index >= 15 is 0 Å². The number of nitrogens with one attached hydrogen (secondary N) is 1. The minimum absolute atomic E-state index is 0.0538. The van der Waals surface area contributed by atoms with Crippen molar-refractivity contribution in [1.29, 1.82) is 0 Å². The topological polar surface area (TPSA) is 59.1 Å². The first-order valence-electron chi connectivity index (χ1n) is 5.77. The predicted octanol–water partition coefficient (Wildman–Crippen LogP) is 3.54. The fourth-order valence-electron chi connectivity index (χ4n) is 1.69. The zero-order chi connectivity index (χ0) is 14.8. The summed E-state index contributed by atoms with van der Waals surface area (Å²) in [6.45, 7) is 1.75. The van der Waals surface area contributed by atoms with Crippen molar-refractivity contribution < 1.29 is 8.42 Å². The first kappa shape index (κ1) is 15.4. The molecule has 2 aromatic rings. The highest BCUT2D eigenvalue weighted by molar-refractivity contribution is 9.10. The number of pyridine rings is 1. The number of sulfonamides is 1. The van der Waals surface area contributed by atoms with Gasteiger partial charge in [0.15, 0.2) is 0 Å². The van der Waals surface area contributed by atoms with Gasteiger partial charge in [-0.1, -0.05) is 33.6 Å². The monoisotopic (exact) mass is 374 g/mol. The zero-order valence-electron chi connectivity index (χ0n) is 10.5. The number of nitrogens with zero attached hydrogens (tertiary/aromatic N) is 1. The molecule has 1 aromatic heterocycles. The molecule has 1 unspecified atom stereocenters. The van der Waals surface area contributed by atoms with Crippen LogP contribution in [0.3, 0.4) is 0 Å². The second-order valence-corrected chi connectivity index (χ2v) is 7.21. The highest BCUT2D eigenvalue weighted by Gasteiger charge is 2.21. The van der Waals surface area contributed by atoms with Crippen LogP contribution in [0.25, 0.3) is 0 Å². The van der Waals surface area contributed by atoms with Crippen LogP contribution in [0.4, 0.5) is 0 Å². The van der Waals surface area contributed by atoms with Crippen LogP contribution < -0.4 is 4.72 Å². The van der Waals surface area contributed by atoms with Crippen LogP contribution in [0.5, 0.6) is 0 Å². The third-order valence-corrected chi connectivity index (χ3v) is 5.22. The third kappa shape index (κ3) is 3.58. The van der Waals surface area contributed by atoms with Gasteiger partial charge in [-0.2, -0.15) is 0 Å². The van der Waals surface area contributed by atoms with Crippen molar-refractivity contribution in [3.8, 4) is 0 Å². The normalized spacial score (nSPS) is 13.2. The van der Waals surface area contributed by atoms with Crippen LogP contribution in [0, 0.1) is 0 Å². The molecule has 1 N–H and O–H groups in total. The molecule has 20 heavy (non-hydrogen) atoms. The highest BCUT2D eigenvalue weighted by Crippen LogP contribution is 2.26. The van der Waals surface area contributed by atoms with Gasteiger partial charge in [0.25, 0.3) is 0 Å². The van der Waals surface area contributed by atoms with Crippen molar-refractivity contribution >= 4 is 37.6 Å². The summed E-state index contributed by atoms with van der Waals surface area (Å²) in [5, 5.41) is 0.172. The molecule has 0 aliphatic rings. The molecule has 4 nitrogen and oxygen atoms in total. The number of halogens is 2. The number of aromatic nitrogens is 1. The van der Waals surface area contributed by atoms with E-state index in [1.54, 1.807) is 37.5 Å². The maximum atomic E-state index is 12.3. The van der Waals surface area contributed by atoms with E-state index in [9.17, 15) is 8.42 Å². The van der Waals surface area contributed by atoms with Crippen molar-refractivity contribution in [2.45, 2.75) is 17.9 Å². The summed E-state index contributed by atoms with van der Waals surface area (Å²) < 4.78 is 27.9. The first-order chi connectivity index (χ1) is 9.40. The summed E-state index contributed by atoms with van der Waals surface area (Å²) in [4.78, 5) is 4.02. The molecule has 2 rings (SSSR count). The van der Waals surface area contributed by atoms with Gasteiger partial charge in [-0.05, 0) is 36.8 Å². The second-order valence-electron chi connectivity index (χ2n) is 4.20. The molecule has 0 saturated carbocycles. The van der Waals surface area contributed by atoms with Crippen LogP contribution in [0.1, 0.15) is 18.5 Å². The van der Waals surface area contributed by atoms with Gasteiger partial charge in [-0.25, -0.2) is 13.1 Å². The van der Waals surface area contributed by atoms with Crippen LogP contribution in [-0.2, 0) is 10.0 Å². The molecule has 0 saturated heterocycles. The lowest BCUT2D eigenvalue weighted by Gasteiger charge is -2.15. The average molecular weight is 376 g/mol. The number of benzene rings is 1. The standard InChI is InChI=1S/C13H12BrClN2O2S/c1-9(10-3-2-6-16-8-10)17-20(18,19)13-5-4-11(14)7-12(13)15/h2-9,17H,1H3. The van der Waals surface area contributed by atoms with Crippen LogP contribution in [0.15, 0.2) is 52.1 Å². The number of hydrogen-bond donors (Lipinski definition) is 1. The van der Waals surface area contributed by atoms with E-state index < -0.39 is 16.1 Å². The van der Waals surface area contributed by atoms with Gasteiger partial charge >= 0.3 is 0 Å². The fourth-order valence-corrected chi connectivity index (χ4v) is 3.96. The van der Waals surface area contributed by atoms with E-state index in [1.165, 1.54) is 6.07 Å². The van der Waals surface area contributed by atoms with Crippen LogP contribution in [-0.4, -0.2) is 13.4 Å². The molecule has 1 atom stereocenters. The van der Waals surface area contributed by atoms with E-state index in [2.05, 4.69) is 25.6 Å². The molecule has 0 amide bonds. The molecule has 1 aromatic carbocycles. The van der Waals surface area contributed by atoms with Gasteiger partial charge in [0.2, 0.25) is 10.0 Å². The third-order valence-electron chi connectivity index (χ3n) is 2.70. The van der Waals surface area contributed by atoms with Gasteiger partial charge in [0.1, 0.15) is 4.90 Å². The number of rotatable bonds is 4. The Morgan fingerprint density at radius 2 is 2.10 bits per heavy atom. The van der Waals surface area contributed by atoms with E-state index in [0.717, 1.165) is 10.0 Å². The SMILES string of the molecule is CC(NS(=O)(=O)c1ccc(Br)cc1Cl)c1cccnc1. The quantitative estimate of drug-likeness (QED) is 0.889. The number of hydrogen-bond acceptors (Lipinski definition) is 3. The molecule has 1 heterocycles. The fraction of sp³-hybridized carbons (Fsp3) is 0.154. The summed E-state index contributed by atoms with van der Waals surface area (Å²) >= 11 is 9.22. The van der Waals surface area contributed by atoms with Crippen molar-refractivity contribution in [1.82, 2.24) is 9.71 Å². The molecular formula is C13H12BrClN2O2S. The van der Waals surface area contributed by atoms with E-state index in [-0.39, 0.29) is 9.92 Å².